The Morgan fingerprint density at radius 1 is 1.47 bits per heavy atom. The number of aromatic nitrogens is 2. The van der Waals surface area contributed by atoms with E-state index >= 15 is 0 Å². The number of hydrogen-bond donors (Lipinski definition) is 3. The second kappa shape index (κ2) is 4.96. The summed E-state index contributed by atoms with van der Waals surface area (Å²) in [6.07, 6.45) is 4.47. The molecule has 106 valence electrons. The number of amides is 1. The molecule has 1 aliphatic carbocycles. The van der Waals surface area contributed by atoms with Crippen molar-refractivity contribution in [1.82, 2.24) is 10.2 Å². The van der Waals surface area contributed by atoms with Gasteiger partial charge in [-0.3, -0.25) is 9.89 Å². The highest BCUT2D eigenvalue weighted by Gasteiger charge is 2.37. The maximum Gasteiger partial charge on any atom is 0.245 e. The lowest BCUT2D eigenvalue weighted by atomic mass is 9.91. The summed E-state index contributed by atoms with van der Waals surface area (Å²) in [5.41, 5.74) is 6.62. The lowest BCUT2D eigenvalue weighted by Gasteiger charge is -2.21. The van der Waals surface area contributed by atoms with Gasteiger partial charge in [-0.2, -0.15) is 5.10 Å². The van der Waals surface area contributed by atoms with Crippen LogP contribution in [0.5, 0.6) is 0 Å². The molecule has 1 aromatic rings. The lowest BCUT2D eigenvalue weighted by Crippen LogP contribution is -2.48. The highest BCUT2D eigenvalue weighted by atomic mass is 16.2. The molecule has 0 saturated heterocycles. The predicted molar refractivity (Wildman–Crippen MR) is 75.8 cm³/mol. The first kappa shape index (κ1) is 14.1. The highest BCUT2D eigenvalue weighted by Crippen LogP contribution is 2.28. The first-order valence-corrected chi connectivity index (χ1v) is 6.93. The summed E-state index contributed by atoms with van der Waals surface area (Å²) in [7, 11) is 0. The van der Waals surface area contributed by atoms with Crippen molar-refractivity contribution in [2.24, 2.45) is 11.1 Å². The summed E-state index contributed by atoms with van der Waals surface area (Å²) in [6, 6.07) is 1.89. The van der Waals surface area contributed by atoms with Gasteiger partial charge in [-0.1, -0.05) is 33.6 Å². The number of carbonyl (C=O) groups excluding carboxylic acids is 1. The molecule has 1 aromatic heterocycles. The fourth-order valence-electron chi connectivity index (χ4n) is 2.56. The SMILES string of the molecule is CC(C)(C)Cc1cc(NC(=O)C2(N)CCCC2)n[nH]1. The van der Waals surface area contributed by atoms with Crippen LogP contribution in [0.1, 0.15) is 52.1 Å². The smallest absolute Gasteiger partial charge is 0.245 e. The molecule has 0 aromatic carbocycles. The zero-order valence-corrected chi connectivity index (χ0v) is 12.0. The van der Waals surface area contributed by atoms with Crippen LogP contribution in [0, 0.1) is 5.41 Å². The predicted octanol–water partition coefficient (Wildman–Crippen LogP) is 2.21. The Labute approximate surface area is 114 Å². The quantitative estimate of drug-likeness (QED) is 0.782. The zero-order valence-electron chi connectivity index (χ0n) is 12.0. The van der Waals surface area contributed by atoms with Gasteiger partial charge in [0, 0.05) is 11.8 Å². The number of nitrogens with two attached hydrogens (primary N) is 1. The van der Waals surface area contributed by atoms with E-state index in [-0.39, 0.29) is 11.3 Å². The average molecular weight is 264 g/mol. The molecule has 1 saturated carbocycles. The summed E-state index contributed by atoms with van der Waals surface area (Å²) in [5, 5.41) is 9.92. The van der Waals surface area contributed by atoms with Crippen LogP contribution >= 0.6 is 0 Å². The second-order valence-electron chi connectivity index (χ2n) is 6.83. The molecule has 0 bridgehead atoms. The van der Waals surface area contributed by atoms with E-state index in [1.807, 2.05) is 6.07 Å². The van der Waals surface area contributed by atoms with Gasteiger partial charge in [-0.05, 0) is 24.7 Å². The number of nitrogens with one attached hydrogen (secondary N) is 2. The molecule has 4 N–H and O–H groups in total. The van der Waals surface area contributed by atoms with E-state index < -0.39 is 5.54 Å². The minimum Gasteiger partial charge on any atom is -0.317 e. The molecular weight excluding hydrogens is 240 g/mol. The van der Waals surface area contributed by atoms with Gasteiger partial charge in [0.05, 0.1) is 5.54 Å². The fraction of sp³-hybridized carbons (Fsp3) is 0.714. The van der Waals surface area contributed by atoms with Crippen molar-refractivity contribution in [3.8, 4) is 0 Å². The molecule has 1 fully saturated rings. The van der Waals surface area contributed by atoms with Crippen molar-refractivity contribution in [2.75, 3.05) is 5.32 Å². The number of hydrogen-bond acceptors (Lipinski definition) is 3. The summed E-state index contributed by atoms with van der Waals surface area (Å²) in [6.45, 7) is 6.50. The van der Waals surface area contributed by atoms with E-state index in [4.69, 9.17) is 5.73 Å². The van der Waals surface area contributed by atoms with E-state index in [0.717, 1.165) is 37.8 Å². The molecule has 2 rings (SSSR count). The molecule has 0 spiro atoms. The van der Waals surface area contributed by atoms with Crippen LogP contribution in [-0.2, 0) is 11.2 Å². The Morgan fingerprint density at radius 2 is 2.11 bits per heavy atom. The van der Waals surface area contributed by atoms with Crippen molar-refractivity contribution < 1.29 is 4.79 Å². The third-order valence-corrected chi connectivity index (χ3v) is 3.54. The Balaban J connectivity index is 1.98. The Hall–Kier alpha value is -1.36. The first-order chi connectivity index (χ1) is 8.78. The normalized spacial score (nSPS) is 18.5. The van der Waals surface area contributed by atoms with Crippen molar-refractivity contribution in [2.45, 2.75) is 58.4 Å². The Bertz CT molecular complexity index is 452. The van der Waals surface area contributed by atoms with Crippen molar-refractivity contribution in [3.63, 3.8) is 0 Å². The van der Waals surface area contributed by atoms with Crippen LogP contribution in [0.2, 0.25) is 0 Å². The molecular formula is C14H24N4O. The van der Waals surface area contributed by atoms with Gasteiger partial charge < -0.3 is 11.1 Å². The fourth-order valence-corrected chi connectivity index (χ4v) is 2.56. The van der Waals surface area contributed by atoms with Crippen LogP contribution in [-0.4, -0.2) is 21.6 Å². The molecule has 0 radical (unpaired) electrons. The number of anilines is 1. The topological polar surface area (TPSA) is 83.8 Å². The molecule has 1 amide bonds. The van der Waals surface area contributed by atoms with Crippen LogP contribution in [0.4, 0.5) is 5.82 Å². The molecule has 0 aliphatic heterocycles. The summed E-state index contributed by atoms with van der Waals surface area (Å²) < 4.78 is 0. The average Bonchev–Trinajstić information content (AvgIpc) is 2.87. The minimum atomic E-state index is -0.705. The molecule has 1 aliphatic rings. The van der Waals surface area contributed by atoms with Gasteiger partial charge in [0.15, 0.2) is 5.82 Å². The molecule has 19 heavy (non-hydrogen) atoms. The Morgan fingerprint density at radius 3 is 2.68 bits per heavy atom. The third kappa shape index (κ3) is 3.56. The summed E-state index contributed by atoms with van der Waals surface area (Å²) >= 11 is 0. The van der Waals surface area contributed by atoms with E-state index in [0.29, 0.717) is 5.82 Å². The third-order valence-electron chi connectivity index (χ3n) is 3.54. The standard InChI is InChI=1S/C14H24N4O/c1-13(2,3)9-10-8-11(18-17-10)16-12(19)14(15)6-4-5-7-14/h8H,4-7,9,15H2,1-3H3,(H2,16,17,18,19). The van der Waals surface area contributed by atoms with E-state index in [9.17, 15) is 4.79 Å². The van der Waals surface area contributed by atoms with Gasteiger partial charge in [0.25, 0.3) is 0 Å². The first-order valence-electron chi connectivity index (χ1n) is 6.93. The second-order valence-corrected chi connectivity index (χ2v) is 6.83. The largest absolute Gasteiger partial charge is 0.317 e. The number of carbonyl (C=O) groups is 1. The van der Waals surface area contributed by atoms with Gasteiger partial charge in [-0.15, -0.1) is 0 Å². The van der Waals surface area contributed by atoms with Crippen LogP contribution in [0.3, 0.4) is 0 Å². The van der Waals surface area contributed by atoms with E-state index in [1.54, 1.807) is 0 Å². The maximum absolute atomic E-state index is 12.1. The molecule has 5 nitrogen and oxygen atoms in total. The van der Waals surface area contributed by atoms with Crippen molar-refractivity contribution >= 4 is 11.7 Å². The number of H-pyrrole nitrogens is 1. The number of aromatic amines is 1. The highest BCUT2D eigenvalue weighted by molar-refractivity contribution is 5.97. The van der Waals surface area contributed by atoms with Crippen LogP contribution < -0.4 is 11.1 Å². The van der Waals surface area contributed by atoms with Crippen molar-refractivity contribution in [3.05, 3.63) is 11.8 Å². The molecule has 5 heteroatoms. The Kier molecular flexibility index (Phi) is 3.67. The van der Waals surface area contributed by atoms with Gasteiger partial charge in [0.1, 0.15) is 0 Å². The minimum absolute atomic E-state index is 0.112. The van der Waals surface area contributed by atoms with Crippen LogP contribution in [0.25, 0.3) is 0 Å². The maximum atomic E-state index is 12.1. The molecule has 0 atom stereocenters. The zero-order chi connectivity index (χ0) is 14.1. The monoisotopic (exact) mass is 264 g/mol. The van der Waals surface area contributed by atoms with E-state index in [2.05, 4.69) is 36.3 Å². The van der Waals surface area contributed by atoms with Gasteiger partial charge in [0.2, 0.25) is 5.91 Å². The summed E-state index contributed by atoms with van der Waals surface area (Å²) in [4.78, 5) is 12.1. The number of nitrogens with zero attached hydrogens (tertiary/aromatic N) is 1. The molecule has 1 heterocycles. The van der Waals surface area contributed by atoms with E-state index in [1.165, 1.54) is 0 Å². The van der Waals surface area contributed by atoms with Crippen molar-refractivity contribution in [1.29, 1.82) is 0 Å². The van der Waals surface area contributed by atoms with Gasteiger partial charge in [-0.25, -0.2) is 0 Å². The molecule has 0 unspecified atom stereocenters. The van der Waals surface area contributed by atoms with Gasteiger partial charge >= 0.3 is 0 Å². The van der Waals surface area contributed by atoms with Crippen LogP contribution in [0.15, 0.2) is 6.07 Å². The lowest BCUT2D eigenvalue weighted by molar-refractivity contribution is -0.121. The number of rotatable bonds is 3. The summed E-state index contributed by atoms with van der Waals surface area (Å²) in [5.74, 6) is 0.458.